The minimum absolute atomic E-state index is 0.0482. The number of sulfonamides is 1. The predicted octanol–water partition coefficient (Wildman–Crippen LogP) is 5.12. The number of ether oxygens (including phenoxy) is 1. The van der Waals surface area contributed by atoms with Gasteiger partial charge in [-0.25, -0.2) is 8.42 Å². The number of nitrogens with zero attached hydrogens (tertiary/aromatic N) is 1. The lowest BCUT2D eigenvalue weighted by Crippen LogP contribution is -2.40. The summed E-state index contributed by atoms with van der Waals surface area (Å²) in [4.78, 5) is 0.350. The van der Waals surface area contributed by atoms with E-state index in [2.05, 4.69) is 27.8 Å². The molecule has 1 aromatic rings. The van der Waals surface area contributed by atoms with E-state index in [1.54, 1.807) is 35.6 Å². The van der Waals surface area contributed by atoms with Crippen molar-refractivity contribution in [3.63, 3.8) is 0 Å². The van der Waals surface area contributed by atoms with Gasteiger partial charge in [0.15, 0.2) is 0 Å². The maximum absolute atomic E-state index is 12.9. The van der Waals surface area contributed by atoms with Crippen molar-refractivity contribution in [1.82, 2.24) is 9.62 Å². The molecule has 5 nitrogen and oxygen atoms in total. The Hall–Kier alpha value is -0.730. The highest BCUT2D eigenvalue weighted by Crippen LogP contribution is 2.28. The van der Waals surface area contributed by atoms with Gasteiger partial charge in [-0.15, -0.1) is 6.58 Å². The molecule has 0 amide bonds. The smallest absolute Gasteiger partial charge is 0.243 e. The van der Waals surface area contributed by atoms with Crippen LogP contribution in [0, 0.1) is 0 Å². The summed E-state index contributed by atoms with van der Waals surface area (Å²) in [6.45, 7) is 6.63. The van der Waals surface area contributed by atoms with Crippen molar-refractivity contribution < 1.29 is 13.2 Å². The van der Waals surface area contributed by atoms with Crippen LogP contribution in [0.15, 0.2) is 46.3 Å². The molecule has 0 aromatic heterocycles. The molecule has 30 heavy (non-hydrogen) atoms. The van der Waals surface area contributed by atoms with Gasteiger partial charge in [-0.05, 0) is 82.3 Å². The summed E-state index contributed by atoms with van der Waals surface area (Å²) >= 11 is 3.35. The Morgan fingerprint density at radius 2 is 1.77 bits per heavy atom. The van der Waals surface area contributed by atoms with Crippen molar-refractivity contribution in [1.29, 1.82) is 0 Å². The van der Waals surface area contributed by atoms with E-state index in [0.29, 0.717) is 4.90 Å². The number of halogens is 1. The van der Waals surface area contributed by atoms with Crippen LogP contribution < -0.4 is 5.32 Å². The first-order valence-electron chi connectivity index (χ1n) is 11.1. The molecule has 1 aliphatic rings. The van der Waals surface area contributed by atoms with E-state index >= 15 is 0 Å². The minimum atomic E-state index is -3.45. The number of unbranched alkanes of at least 4 members (excludes halogenated alkanes) is 3. The third-order valence-corrected chi connectivity index (χ3v) is 8.23. The monoisotopic (exact) mass is 500 g/mol. The fourth-order valence-corrected chi connectivity index (χ4v) is 5.51. The summed E-state index contributed by atoms with van der Waals surface area (Å²) in [5.41, 5.74) is 0. The van der Waals surface area contributed by atoms with E-state index < -0.39 is 10.0 Å². The average Bonchev–Trinajstić information content (AvgIpc) is 2.75. The molecule has 0 radical (unpaired) electrons. The second-order valence-corrected chi connectivity index (χ2v) is 10.9. The highest BCUT2D eigenvalue weighted by molar-refractivity contribution is 9.10. The molecular weight excluding hydrogens is 464 g/mol. The molecule has 0 saturated heterocycles. The maximum atomic E-state index is 12.9. The topological polar surface area (TPSA) is 58.6 Å². The normalized spacial score (nSPS) is 19.8. The van der Waals surface area contributed by atoms with E-state index in [-0.39, 0.29) is 12.1 Å². The molecule has 0 spiro atoms. The zero-order valence-corrected chi connectivity index (χ0v) is 20.6. The summed E-state index contributed by atoms with van der Waals surface area (Å²) in [6.07, 6.45) is 11.6. The summed E-state index contributed by atoms with van der Waals surface area (Å²) < 4.78 is 34.2. The van der Waals surface area contributed by atoms with Gasteiger partial charge in [-0.1, -0.05) is 34.8 Å². The van der Waals surface area contributed by atoms with Gasteiger partial charge in [0, 0.05) is 24.2 Å². The average molecular weight is 502 g/mol. The summed E-state index contributed by atoms with van der Waals surface area (Å²) in [7, 11) is -1.74. The molecule has 7 heteroatoms. The van der Waals surface area contributed by atoms with Crippen LogP contribution in [-0.2, 0) is 14.8 Å². The van der Waals surface area contributed by atoms with Crippen molar-refractivity contribution >= 4 is 26.0 Å². The van der Waals surface area contributed by atoms with Gasteiger partial charge < -0.3 is 10.1 Å². The van der Waals surface area contributed by atoms with Crippen molar-refractivity contribution in [3.8, 4) is 0 Å². The van der Waals surface area contributed by atoms with Gasteiger partial charge in [-0.3, -0.25) is 0 Å². The van der Waals surface area contributed by atoms with Gasteiger partial charge >= 0.3 is 0 Å². The standard InChI is InChI=1S/C23H37BrN2O3S/c1-3-4-17-25-18-7-5-6-8-19-29-22-13-11-21(12-14-22)26(2)30(27,28)23-15-9-20(24)10-16-23/h3,9-10,15-16,21-22,25H,1,4-8,11-14,17-19H2,2H3. The van der Waals surface area contributed by atoms with E-state index in [4.69, 9.17) is 4.74 Å². The van der Waals surface area contributed by atoms with Crippen LogP contribution in [0.1, 0.15) is 57.8 Å². The second-order valence-electron chi connectivity index (χ2n) is 8.02. The Morgan fingerprint density at radius 1 is 1.10 bits per heavy atom. The van der Waals surface area contributed by atoms with Gasteiger partial charge in [0.1, 0.15) is 0 Å². The molecule has 170 valence electrons. The molecule has 1 aromatic carbocycles. The van der Waals surface area contributed by atoms with Gasteiger partial charge in [-0.2, -0.15) is 4.31 Å². The lowest BCUT2D eigenvalue weighted by molar-refractivity contribution is 0.0157. The first-order chi connectivity index (χ1) is 14.4. The summed E-state index contributed by atoms with van der Waals surface area (Å²) in [6, 6.07) is 6.90. The van der Waals surface area contributed by atoms with Crippen LogP contribution in [0.4, 0.5) is 0 Å². The largest absolute Gasteiger partial charge is 0.378 e. The fraction of sp³-hybridized carbons (Fsp3) is 0.652. The third-order valence-electron chi connectivity index (χ3n) is 5.78. The van der Waals surface area contributed by atoms with Gasteiger partial charge in [0.05, 0.1) is 11.0 Å². The van der Waals surface area contributed by atoms with Crippen LogP contribution in [-0.4, -0.2) is 51.6 Å². The SMILES string of the molecule is C=CCCNCCCCCCOC1CCC(N(C)S(=O)(=O)c2ccc(Br)cc2)CC1. The highest BCUT2D eigenvalue weighted by Gasteiger charge is 2.31. The van der Waals surface area contributed by atoms with E-state index in [1.165, 1.54) is 19.3 Å². The van der Waals surface area contributed by atoms with Gasteiger partial charge in [0.2, 0.25) is 10.0 Å². The first-order valence-corrected chi connectivity index (χ1v) is 13.3. The Bertz CT molecular complexity index is 716. The molecule has 1 N–H and O–H groups in total. The fourth-order valence-electron chi connectivity index (χ4n) is 3.83. The van der Waals surface area contributed by atoms with Crippen LogP contribution in [0.25, 0.3) is 0 Å². The molecular formula is C23H37BrN2O3S. The zero-order chi connectivity index (χ0) is 21.8. The molecule has 1 saturated carbocycles. The molecule has 2 rings (SSSR count). The first kappa shape index (κ1) is 25.5. The van der Waals surface area contributed by atoms with E-state index in [0.717, 1.165) is 62.7 Å². The number of hydrogen-bond donors (Lipinski definition) is 1. The third kappa shape index (κ3) is 8.42. The van der Waals surface area contributed by atoms with Crippen molar-refractivity contribution in [2.75, 3.05) is 26.7 Å². The molecule has 0 unspecified atom stereocenters. The van der Waals surface area contributed by atoms with Crippen LogP contribution in [0.2, 0.25) is 0 Å². The second kappa shape index (κ2) is 13.6. The highest BCUT2D eigenvalue weighted by atomic mass is 79.9. The molecule has 0 bridgehead atoms. The minimum Gasteiger partial charge on any atom is -0.378 e. The van der Waals surface area contributed by atoms with Crippen LogP contribution in [0.5, 0.6) is 0 Å². The van der Waals surface area contributed by atoms with E-state index in [9.17, 15) is 8.42 Å². The number of benzene rings is 1. The predicted molar refractivity (Wildman–Crippen MR) is 127 cm³/mol. The Morgan fingerprint density at radius 3 is 2.43 bits per heavy atom. The number of nitrogens with one attached hydrogen (secondary N) is 1. The molecule has 1 aliphatic carbocycles. The summed E-state index contributed by atoms with van der Waals surface area (Å²) in [5, 5.41) is 3.41. The van der Waals surface area contributed by atoms with Crippen LogP contribution in [0.3, 0.4) is 0 Å². The van der Waals surface area contributed by atoms with Crippen molar-refractivity contribution in [2.45, 2.75) is 74.8 Å². The number of hydrogen-bond acceptors (Lipinski definition) is 4. The summed E-state index contributed by atoms with van der Waals surface area (Å²) in [5.74, 6) is 0. The van der Waals surface area contributed by atoms with Crippen molar-refractivity contribution in [3.05, 3.63) is 41.4 Å². The maximum Gasteiger partial charge on any atom is 0.243 e. The van der Waals surface area contributed by atoms with Gasteiger partial charge in [0.25, 0.3) is 0 Å². The molecule has 0 aliphatic heterocycles. The molecule has 0 atom stereocenters. The Labute approximate surface area is 191 Å². The quantitative estimate of drug-likeness (QED) is 0.284. The Kier molecular flexibility index (Phi) is 11.6. The molecule has 0 heterocycles. The lowest BCUT2D eigenvalue weighted by atomic mass is 9.93. The lowest BCUT2D eigenvalue weighted by Gasteiger charge is -2.34. The Balaban J connectivity index is 1.60. The van der Waals surface area contributed by atoms with E-state index in [1.807, 2.05) is 6.08 Å². The zero-order valence-electron chi connectivity index (χ0n) is 18.2. The molecule has 1 fully saturated rings. The van der Waals surface area contributed by atoms with Crippen LogP contribution >= 0.6 is 15.9 Å². The van der Waals surface area contributed by atoms with Crippen molar-refractivity contribution in [2.24, 2.45) is 0 Å². The number of rotatable bonds is 14.